The van der Waals surface area contributed by atoms with Crippen molar-refractivity contribution in [3.05, 3.63) is 39.7 Å². The van der Waals surface area contributed by atoms with Crippen molar-refractivity contribution in [3.63, 3.8) is 0 Å². The number of benzene rings is 1. The summed E-state index contributed by atoms with van der Waals surface area (Å²) in [5.41, 5.74) is -1.37. The summed E-state index contributed by atoms with van der Waals surface area (Å²) in [6.45, 7) is 5.37. The van der Waals surface area contributed by atoms with Crippen LogP contribution in [0.3, 0.4) is 0 Å². The van der Waals surface area contributed by atoms with Gasteiger partial charge in [-0.3, -0.25) is 14.9 Å². The third kappa shape index (κ3) is 6.29. The molecule has 1 aromatic carbocycles. The van der Waals surface area contributed by atoms with E-state index in [0.717, 1.165) is 18.2 Å². The van der Waals surface area contributed by atoms with Gasteiger partial charge in [-0.1, -0.05) is 0 Å². The van der Waals surface area contributed by atoms with Crippen LogP contribution in [0.25, 0.3) is 0 Å². The molecule has 0 radical (unpaired) electrons. The third-order valence-electron chi connectivity index (χ3n) is 2.49. The molecule has 0 bridgehead atoms. The second-order valence-corrected chi connectivity index (χ2v) is 5.61. The highest BCUT2D eigenvalue weighted by atomic mass is 19.1. The van der Waals surface area contributed by atoms with E-state index in [9.17, 15) is 24.1 Å². The average molecular weight is 327 g/mol. The Kier molecular flexibility index (Phi) is 6.00. The predicted octanol–water partition coefficient (Wildman–Crippen LogP) is 1.99. The molecule has 8 nitrogen and oxygen atoms in total. The number of ether oxygens (including phenoxy) is 1. The lowest BCUT2D eigenvalue weighted by Gasteiger charge is -2.19. The van der Waals surface area contributed by atoms with Gasteiger partial charge in [0.15, 0.2) is 0 Å². The standard InChI is InChI=1S/C14H18FN3O5/c1-14(2,3)23-13(20)17-7-6-16-12(19)9-4-5-11(18(21)22)10(15)8-9/h4-5,8H,6-7H2,1-3H3,(H,16,19)(H,17,20). The molecule has 23 heavy (non-hydrogen) atoms. The molecule has 0 aliphatic heterocycles. The van der Waals surface area contributed by atoms with Crippen LogP contribution >= 0.6 is 0 Å². The molecule has 0 atom stereocenters. The van der Waals surface area contributed by atoms with E-state index in [0.29, 0.717) is 0 Å². The van der Waals surface area contributed by atoms with Gasteiger partial charge in [-0.25, -0.2) is 4.79 Å². The van der Waals surface area contributed by atoms with E-state index in [4.69, 9.17) is 4.74 Å². The maximum atomic E-state index is 13.4. The quantitative estimate of drug-likeness (QED) is 0.488. The van der Waals surface area contributed by atoms with E-state index < -0.39 is 34.0 Å². The van der Waals surface area contributed by atoms with Gasteiger partial charge < -0.3 is 15.4 Å². The highest BCUT2D eigenvalue weighted by Gasteiger charge is 2.17. The Morgan fingerprint density at radius 1 is 1.26 bits per heavy atom. The number of hydrogen-bond acceptors (Lipinski definition) is 5. The number of nitrogens with one attached hydrogen (secondary N) is 2. The summed E-state index contributed by atoms with van der Waals surface area (Å²) in [6.07, 6.45) is -0.617. The van der Waals surface area contributed by atoms with Crippen LogP contribution in [0.5, 0.6) is 0 Å². The summed E-state index contributed by atoms with van der Waals surface area (Å²) in [5, 5.41) is 15.4. The van der Waals surface area contributed by atoms with Gasteiger partial charge in [0.05, 0.1) is 4.92 Å². The zero-order valence-corrected chi connectivity index (χ0v) is 13.0. The van der Waals surface area contributed by atoms with E-state index in [1.54, 1.807) is 20.8 Å². The lowest BCUT2D eigenvalue weighted by molar-refractivity contribution is -0.387. The van der Waals surface area contributed by atoms with Gasteiger partial charge in [-0.15, -0.1) is 0 Å². The molecule has 9 heteroatoms. The number of nitro benzene ring substituents is 1. The molecule has 0 fully saturated rings. The van der Waals surface area contributed by atoms with E-state index >= 15 is 0 Å². The first-order valence-corrected chi connectivity index (χ1v) is 6.79. The first kappa shape index (κ1) is 18.3. The molecule has 0 saturated carbocycles. The van der Waals surface area contributed by atoms with Gasteiger partial charge in [0, 0.05) is 24.7 Å². The molecule has 0 aromatic heterocycles. The van der Waals surface area contributed by atoms with Crippen molar-refractivity contribution in [2.45, 2.75) is 26.4 Å². The minimum absolute atomic E-state index is 0.0506. The van der Waals surface area contributed by atoms with Crippen LogP contribution in [0.15, 0.2) is 18.2 Å². The van der Waals surface area contributed by atoms with Gasteiger partial charge in [0.2, 0.25) is 5.82 Å². The summed E-state index contributed by atoms with van der Waals surface area (Å²) in [4.78, 5) is 32.7. The first-order chi connectivity index (χ1) is 10.6. The molecule has 0 saturated heterocycles. The summed E-state index contributed by atoms with van der Waals surface area (Å²) < 4.78 is 18.4. The number of rotatable bonds is 5. The number of nitro groups is 1. The van der Waals surface area contributed by atoms with Crippen LogP contribution < -0.4 is 10.6 Å². The SMILES string of the molecule is CC(C)(C)OC(=O)NCCNC(=O)c1ccc([N+](=O)[O-])c(F)c1. The lowest BCUT2D eigenvalue weighted by atomic mass is 10.2. The maximum absolute atomic E-state index is 13.4. The second-order valence-electron chi connectivity index (χ2n) is 5.61. The minimum Gasteiger partial charge on any atom is -0.444 e. The van der Waals surface area contributed by atoms with Gasteiger partial charge in [-0.05, 0) is 32.9 Å². The Labute approximate surface area is 132 Å². The molecule has 0 unspecified atom stereocenters. The van der Waals surface area contributed by atoms with Crippen molar-refractivity contribution in [1.82, 2.24) is 10.6 Å². The average Bonchev–Trinajstić information content (AvgIpc) is 2.40. The smallest absolute Gasteiger partial charge is 0.407 e. The van der Waals surface area contributed by atoms with E-state index in [1.807, 2.05) is 0 Å². The summed E-state index contributed by atoms with van der Waals surface area (Å²) in [7, 11) is 0. The zero-order valence-electron chi connectivity index (χ0n) is 13.0. The van der Waals surface area contributed by atoms with Gasteiger partial charge in [0.25, 0.3) is 5.91 Å². The van der Waals surface area contributed by atoms with Crippen molar-refractivity contribution >= 4 is 17.7 Å². The molecular weight excluding hydrogens is 309 g/mol. The summed E-state index contributed by atoms with van der Waals surface area (Å²) in [5.74, 6) is -1.70. The molecule has 0 spiro atoms. The largest absolute Gasteiger partial charge is 0.444 e. The number of carbonyl (C=O) groups excluding carboxylic acids is 2. The zero-order chi connectivity index (χ0) is 17.6. The normalized spacial score (nSPS) is 10.8. The Balaban J connectivity index is 2.44. The molecule has 0 aliphatic rings. The van der Waals surface area contributed by atoms with Crippen LogP contribution in [0.1, 0.15) is 31.1 Å². The molecule has 126 valence electrons. The van der Waals surface area contributed by atoms with E-state index in [-0.39, 0.29) is 18.7 Å². The molecule has 1 aromatic rings. The van der Waals surface area contributed by atoms with Crippen molar-refractivity contribution in [2.75, 3.05) is 13.1 Å². The summed E-state index contributed by atoms with van der Waals surface area (Å²) >= 11 is 0. The van der Waals surface area contributed by atoms with Gasteiger partial charge in [0.1, 0.15) is 5.60 Å². The molecule has 0 heterocycles. The van der Waals surface area contributed by atoms with Crippen molar-refractivity contribution in [2.24, 2.45) is 0 Å². The highest BCUT2D eigenvalue weighted by Crippen LogP contribution is 2.17. The van der Waals surface area contributed by atoms with Crippen LogP contribution in [-0.4, -0.2) is 35.6 Å². The minimum atomic E-state index is -1.09. The fraction of sp³-hybridized carbons (Fsp3) is 0.429. The molecule has 2 N–H and O–H groups in total. The first-order valence-electron chi connectivity index (χ1n) is 6.79. The number of alkyl carbamates (subject to hydrolysis) is 1. The van der Waals surface area contributed by atoms with Crippen LogP contribution in [0.4, 0.5) is 14.9 Å². The van der Waals surface area contributed by atoms with E-state index in [1.165, 1.54) is 0 Å². The second kappa shape index (κ2) is 7.52. The van der Waals surface area contributed by atoms with Crippen molar-refractivity contribution in [1.29, 1.82) is 0 Å². The topological polar surface area (TPSA) is 111 Å². The molecule has 2 amide bonds. The van der Waals surface area contributed by atoms with E-state index in [2.05, 4.69) is 10.6 Å². The Morgan fingerprint density at radius 3 is 2.39 bits per heavy atom. The monoisotopic (exact) mass is 327 g/mol. The van der Waals surface area contributed by atoms with Crippen LogP contribution in [0, 0.1) is 15.9 Å². The third-order valence-corrected chi connectivity index (χ3v) is 2.49. The van der Waals surface area contributed by atoms with Crippen LogP contribution in [-0.2, 0) is 4.74 Å². The predicted molar refractivity (Wildman–Crippen MR) is 79.6 cm³/mol. The Morgan fingerprint density at radius 2 is 1.87 bits per heavy atom. The van der Waals surface area contributed by atoms with Crippen molar-refractivity contribution in [3.8, 4) is 0 Å². The molecule has 1 rings (SSSR count). The number of nitrogens with zero attached hydrogens (tertiary/aromatic N) is 1. The number of carbonyl (C=O) groups is 2. The lowest BCUT2D eigenvalue weighted by Crippen LogP contribution is -2.37. The Hall–Kier alpha value is -2.71. The van der Waals surface area contributed by atoms with Crippen LogP contribution in [0.2, 0.25) is 0 Å². The van der Waals surface area contributed by atoms with Gasteiger partial charge >= 0.3 is 11.8 Å². The number of amides is 2. The maximum Gasteiger partial charge on any atom is 0.407 e. The number of halogens is 1. The fourth-order valence-electron chi connectivity index (χ4n) is 1.55. The summed E-state index contributed by atoms with van der Waals surface area (Å²) in [6, 6.07) is 2.86. The molecular formula is C14H18FN3O5. The highest BCUT2D eigenvalue weighted by molar-refractivity contribution is 5.94. The van der Waals surface area contributed by atoms with Gasteiger partial charge in [-0.2, -0.15) is 4.39 Å². The molecule has 0 aliphatic carbocycles. The Bertz CT molecular complexity index is 613. The number of hydrogen-bond donors (Lipinski definition) is 2. The van der Waals surface area contributed by atoms with Crippen molar-refractivity contribution < 1.29 is 23.6 Å². The fourth-order valence-corrected chi connectivity index (χ4v) is 1.55.